The third-order valence-electron chi connectivity index (χ3n) is 3.05. The van der Waals surface area contributed by atoms with Crippen molar-refractivity contribution in [2.24, 2.45) is 0 Å². The van der Waals surface area contributed by atoms with E-state index in [2.05, 4.69) is 27.6 Å². The molecule has 0 fully saturated rings. The molecule has 0 bridgehead atoms. The van der Waals surface area contributed by atoms with E-state index in [9.17, 15) is 4.79 Å². The predicted octanol–water partition coefficient (Wildman–Crippen LogP) is 3.73. The highest BCUT2D eigenvalue weighted by molar-refractivity contribution is 14.1. The van der Waals surface area contributed by atoms with Crippen LogP contribution < -0.4 is 5.56 Å². The van der Waals surface area contributed by atoms with Crippen LogP contribution in [-0.4, -0.2) is 9.55 Å². The Kier molecular flexibility index (Phi) is 3.76. The summed E-state index contributed by atoms with van der Waals surface area (Å²) in [6.07, 6.45) is 0. The third-order valence-corrected chi connectivity index (χ3v) is 4.01. The number of fused-ring (bicyclic) bond motifs is 1. The van der Waals surface area contributed by atoms with Crippen molar-refractivity contribution in [2.45, 2.75) is 5.88 Å². The standard InChI is InChI=1S/C15H10ClIN2O/c16-9-14-18-13-4-2-1-3-12(13)15(20)19(14)11-7-5-10(17)6-8-11/h1-8H,9H2. The summed E-state index contributed by atoms with van der Waals surface area (Å²) >= 11 is 8.19. The van der Waals surface area contributed by atoms with Crippen molar-refractivity contribution >= 4 is 45.1 Å². The van der Waals surface area contributed by atoms with Crippen LogP contribution in [0.15, 0.2) is 53.3 Å². The summed E-state index contributed by atoms with van der Waals surface area (Å²) in [7, 11) is 0. The third kappa shape index (κ3) is 2.33. The number of aromatic nitrogens is 2. The maximum atomic E-state index is 12.7. The maximum absolute atomic E-state index is 12.7. The van der Waals surface area contributed by atoms with E-state index in [-0.39, 0.29) is 11.4 Å². The lowest BCUT2D eigenvalue weighted by atomic mass is 10.2. The minimum atomic E-state index is -0.0903. The molecule has 1 heterocycles. The van der Waals surface area contributed by atoms with Crippen molar-refractivity contribution in [3.8, 4) is 5.69 Å². The number of halogens is 2. The first-order valence-corrected chi connectivity index (χ1v) is 7.64. The molecule has 0 radical (unpaired) electrons. The molecule has 0 aliphatic rings. The number of hydrogen-bond acceptors (Lipinski definition) is 2. The lowest BCUT2D eigenvalue weighted by Crippen LogP contribution is -2.23. The first kappa shape index (κ1) is 13.6. The monoisotopic (exact) mass is 396 g/mol. The molecular weight excluding hydrogens is 387 g/mol. The second kappa shape index (κ2) is 5.54. The molecule has 3 rings (SSSR count). The molecule has 0 saturated carbocycles. The van der Waals surface area contributed by atoms with Gasteiger partial charge in [-0.2, -0.15) is 0 Å². The molecule has 0 aliphatic carbocycles. The van der Waals surface area contributed by atoms with Gasteiger partial charge in [0.2, 0.25) is 0 Å². The molecule has 1 aromatic heterocycles. The van der Waals surface area contributed by atoms with Gasteiger partial charge in [-0.3, -0.25) is 9.36 Å². The van der Waals surface area contributed by atoms with Crippen molar-refractivity contribution in [3.05, 3.63) is 68.3 Å². The molecular formula is C15H10ClIN2O. The largest absolute Gasteiger partial charge is 0.268 e. The van der Waals surface area contributed by atoms with E-state index in [1.807, 2.05) is 42.5 Å². The molecule has 2 aromatic carbocycles. The zero-order valence-electron chi connectivity index (χ0n) is 10.4. The van der Waals surface area contributed by atoms with E-state index in [4.69, 9.17) is 11.6 Å². The average Bonchev–Trinajstić information content (AvgIpc) is 2.48. The fourth-order valence-electron chi connectivity index (χ4n) is 2.12. The Morgan fingerprint density at radius 2 is 1.80 bits per heavy atom. The van der Waals surface area contributed by atoms with Crippen molar-refractivity contribution < 1.29 is 0 Å². The summed E-state index contributed by atoms with van der Waals surface area (Å²) in [6, 6.07) is 15.0. The van der Waals surface area contributed by atoms with Gasteiger partial charge < -0.3 is 0 Å². The molecule has 3 nitrogen and oxygen atoms in total. The molecule has 0 saturated heterocycles. The second-order valence-electron chi connectivity index (χ2n) is 4.30. The summed E-state index contributed by atoms with van der Waals surface area (Å²) < 4.78 is 2.69. The summed E-state index contributed by atoms with van der Waals surface area (Å²) in [6.45, 7) is 0. The van der Waals surface area contributed by atoms with Gasteiger partial charge >= 0.3 is 0 Å². The minimum Gasteiger partial charge on any atom is -0.268 e. The Labute approximate surface area is 134 Å². The molecule has 0 atom stereocenters. The molecule has 20 heavy (non-hydrogen) atoms. The van der Waals surface area contributed by atoms with Crippen LogP contribution in [0.2, 0.25) is 0 Å². The van der Waals surface area contributed by atoms with E-state index in [0.717, 1.165) is 9.26 Å². The van der Waals surface area contributed by atoms with Gasteiger partial charge in [-0.1, -0.05) is 12.1 Å². The van der Waals surface area contributed by atoms with Gasteiger partial charge in [0, 0.05) is 3.57 Å². The number of hydrogen-bond donors (Lipinski definition) is 0. The molecule has 100 valence electrons. The highest BCUT2D eigenvalue weighted by Crippen LogP contribution is 2.15. The van der Waals surface area contributed by atoms with Crippen LogP contribution in [0.25, 0.3) is 16.6 Å². The number of nitrogens with zero attached hydrogens (tertiary/aromatic N) is 2. The molecule has 5 heteroatoms. The van der Waals surface area contributed by atoms with E-state index < -0.39 is 0 Å². The Bertz CT molecular complexity index is 827. The van der Waals surface area contributed by atoms with Gasteiger partial charge in [-0.15, -0.1) is 11.6 Å². The Hall–Kier alpha value is -1.40. The fourth-order valence-corrected chi connectivity index (χ4v) is 2.66. The second-order valence-corrected chi connectivity index (χ2v) is 5.81. The van der Waals surface area contributed by atoms with Crippen LogP contribution in [0.5, 0.6) is 0 Å². The van der Waals surface area contributed by atoms with Crippen LogP contribution in [0.4, 0.5) is 0 Å². The normalized spacial score (nSPS) is 10.9. The summed E-state index contributed by atoms with van der Waals surface area (Å²) in [4.78, 5) is 17.1. The van der Waals surface area contributed by atoms with Gasteiger partial charge in [0.05, 0.1) is 22.5 Å². The fraction of sp³-hybridized carbons (Fsp3) is 0.0667. The van der Waals surface area contributed by atoms with Crippen molar-refractivity contribution in [2.75, 3.05) is 0 Å². The number of rotatable bonds is 2. The van der Waals surface area contributed by atoms with E-state index in [1.165, 1.54) is 0 Å². The minimum absolute atomic E-state index is 0.0903. The molecule has 0 spiro atoms. The maximum Gasteiger partial charge on any atom is 0.266 e. The Balaban J connectivity index is 2.36. The van der Waals surface area contributed by atoms with Crippen LogP contribution in [0, 0.1) is 3.57 Å². The number of para-hydroxylation sites is 1. The van der Waals surface area contributed by atoms with Crippen LogP contribution in [-0.2, 0) is 5.88 Å². The van der Waals surface area contributed by atoms with Crippen LogP contribution in [0.1, 0.15) is 5.82 Å². The van der Waals surface area contributed by atoms with Crippen molar-refractivity contribution in [1.29, 1.82) is 0 Å². The SMILES string of the molecule is O=c1c2ccccc2nc(CCl)n1-c1ccc(I)cc1. The zero-order chi connectivity index (χ0) is 14.1. The highest BCUT2D eigenvalue weighted by atomic mass is 127. The molecule has 3 aromatic rings. The molecule has 0 N–H and O–H groups in total. The number of benzene rings is 2. The van der Waals surface area contributed by atoms with Crippen LogP contribution >= 0.6 is 34.2 Å². The first-order chi connectivity index (χ1) is 9.70. The van der Waals surface area contributed by atoms with Crippen molar-refractivity contribution in [3.63, 3.8) is 0 Å². The molecule has 0 amide bonds. The zero-order valence-corrected chi connectivity index (χ0v) is 13.3. The summed E-state index contributed by atoms with van der Waals surface area (Å²) in [5.41, 5.74) is 1.37. The van der Waals surface area contributed by atoms with Crippen LogP contribution in [0.3, 0.4) is 0 Å². The lowest BCUT2D eigenvalue weighted by molar-refractivity contribution is 0.881. The summed E-state index contributed by atoms with van der Waals surface area (Å²) in [5, 5.41) is 0.597. The van der Waals surface area contributed by atoms with Crippen molar-refractivity contribution in [1.82, 2.24) is 9.55 Å². The Morgan fingerprint density at radius 1 is 1.10 bits per heavy atom. The first-order valence-electron chi connectivity index (χ1n) is 6.03. The molecule has 0 unspecified atom stereocenters. The quantitative estimate of drug-likeness (QED) is 0.489. The molecule has 0 aliphatic heterocycles. The van der Waals surface area contributed by atoms with Gasteiger partial charge in [0.1, 0.15) is 5.82 Å². The van der Waals surface area contributed by atoms with Gasteiger partial charge in [0.15, 0.2) is 0 Å². The van der Waals surface area contributed by atoms with E-state index in [0.29, 0.717) is 16.7 Å². The van der Waals surface area contributed by atoms with Gasteiger partial charge in [-0.25, -0.2) is 4.98 Å². The summed E-state index contributed by atoms with van der Waals surface area (Å²) in [5.74, 6) is 0.739. The number of alkyl halides is 1. The Morgan fingerprint density at radius 3 is 2.50 bits per heavy atom. The topological polar surface area (TPSA) is 34.9 Å². The highest BCUT2D eigenvalue weighted by Gasteiger charge is 2.11. The smallest absolute Gasteiger partial charge is 0.266 e. The predicted molar refractivity (Wildman–Crippen MR) is 89.6 cm³/mol. The van der Waals surface area contributed by atoms with E-state index >= 15 is 0 Å². The van der Waals surface area contributed by atoms with E-state index in [1.54, 1.807) is 10.6 Å². The van der Waals surface area contributed by atoms with Gasteiger partial charge in [0.25, 0.3) is 5.56 Å². The van der Waals surface area contributed by atoms with Gasteiger partial charge in [-0.05, 0) is 59.0 Å². The lowest BCUT2D eigenvalue weighted by Gasteiger charge is -2.11. The average molecular weight is 397 g/mol.